The average molecular weight is 420 g/mol. The van der Waals surface area contributed by atoms with Crippen LogP contribution in [0.4, 0.5) is 11.5 Å². The first kappa shape index (κ1) is 20.7. The lowest BCUT2D eigenvalue weighted by Crippen LogP contribution is -2.43. The third-order valence-corrected chi connectivity index (χ3v) is 7.05. The van der Waals surface area contributed by atoms with E-state index in [0.29, 0.717) is 23.2 Å². The van der Waals surface area contributed by atoms with Crippen LogP contribution >= 0.6 is 11.8 Å². The zero-order valence-electron chi connectivity index (χ0n) is 17.8. The molecule has 1 aromatic heterocycles. The molecule has 1 amide bonds. The van der Waals surface area contributed by atoms with Gasteiger partial charge in [0.15, 0.2) is 0 Å². The third kappa shape index (κ3) is 4.46. The molecule has 0 spiro atoms. The summed E-state index contributed by atoms with van der Waals surface area (Å²) >= 11 is 1.70. The Bertz CT molecular complexity index is 1050. The summed E-state index contributed by atoms with van der Waals surface area (Å²) in [5.41, 5.74) is 2.46. The predicted octanol–water partition coefficient (Wildman–Crippen LogP) is 6.25. The first-order chi connectivity index (χ1) is 14.5. The van der Waals surface area contributed by atoms with E-state index >= 15 is 0 Å². The van der Waals surface area contributed by atoms with Gasteiger partial charge in [0.2, 0.25) is 0 Å². The van der Waals surface area contributed by atoms with Crippen LogP contribution in [0.3, 0.4) is 0 Å². The van der Waals surface area contributed by atoms with Gasteiger partial charge in [-0.15, -0.1) is 11.8 Å². The Kier molecular flexibility index (Phi) is 6.28. The lowest BCUT2D eigenvalue weighted by Gasteiger charge is -2.34. The van der Waals surface area contributed by atoms with Crippen LogP contribution in [0.2, 0.25) is 0 Å². The number of carbonyl (C=O) groups is 1. The third-order valence-electron chi connectivity index (χ3n) is 6.33. The van der Waals surface area contributed by atoms with Crippen molar-refractivity contribution in [2.24, 2.45) is 11.8 Å². The topological polar surface area (TPSA) is 54.0 Å². The fourth-order valence-corrected chi connectivity index (χ4v) is 4.77. The lowest BCUT2D eigenvalue weighted by molar-refractivity contribution is 0.0892. The second-order valence-corrected chi connectivity index (χ2v) is 9.16. The summed E-state index contributed by atoms with van der Waals surface area (Å²) in [6.45, 7) is 4.54. The van der Waals surface area contributed by atoms with E-state index in [1.165, 1.54) is 17.7 Å². The summed E-state index contributed by atoms with van der Waals surface area (Å²) in [5.74, 6) is 1.80. The summed E-state index contributed by atoms with van der Waals surface area (Å²) in [5, 5.41) is 7.58. The molecule has 1 heterocycles. The van der Waals surface area contributed by atoms with Crippen molar-refractivity contribution < 1.29 is 4.79 Å². The Morgan fingerprint density at radius 2 is 1.90 bits per heavy atom. The van der Waals surface area contributed by atoms with Crippen LogP contribution < -0.4 is 10.6 Å². The number of anilines is 2. The maximum Gasteiger partial charge on any atom is 0.252 e. The smallest absolute Gasteiger partial charge is 0.252 e. The van der Waals surface area contributed by atoms with E-state index in [1.54, 1.807) is 11.8 Å². The fraction of sp³-hybridized carbons (Fsp3) is 0.360. The number of thioether (sulfide) groups is 1. The maximum atomic E-state index is 13.3. The number of hydrogen-bond donors (Lipinski definition) is 2. The van der Waals surface area contributed by atoms with Gasteiger partial charge in [-0.1, -0.05) is 51.0 Å². The number of benzene rings is 2. The molecule has 0 unspecified atom stereocenters. The van der Waals surface area contributed by atoms with E-state index in [-0.39, 0.29) is 11.9 Å². The van der Waals surface area contributed by atoms with Crippen molar-refractivity contribution in [1.29, 1.82) is 0 Å². The minimum atomic E-state index is -0.0135. The van der Waals surface area contributed by atoms with Crippen molar-refractivity contribution in [3.8, 4) is 0 Å². The Labute approximate surface area is 182 Å². The van der Waals surface area contributed by atoms with Crippen molar-refractivity contribution in [3.05, 3.63) is 60.2 Å². The molecular formula is C25H29N3OS. The Balaban J connectivity index is 1.65. The van der Waals surface area contributed by atoms with Gasteiger partial charge in [0.1, 0.15) is 5.82 Å². The molecule has 156 valence electrons. The Hall–Kier alpha value is -2.53. The molecule has 0 aliphatic heterocycles. The molecule has 1 saturated carbocycles. The first-order valence-corrected chi connectivity index (χ1v) is 11.9. The summed E-state index contributed by atoms with van der Waals surface area (Å²) in [7, 11) is 0. The molecule has 4 nitrogen and oxygen atoms in total. The first-order valence-electron chi connectivity index (χ1n) is 10.7. The quantitative estimate of drug-likeness (QED) is 0.480. The second kappa shape index (κ2) is 9.09. The number of nitrogens with zero attached hydrogens (tertiary/aromatic N) is 1. The molecule has 5 heteroatoms. The molecule has 30 heavy (non-hydrogen) atoms. The molecule has 3 atom stereocenters. The van der Waals surface area contributed by atoms with Crippen LogP contribution in [0.25, 0.3) is 10.9 Å². The standard InChI is InChI=1S/C25H29N3OS/c1-16-8-6-13-22(17(16)2)28-25(29)21-15-24(27-23-12-5-4-11-20(21)23)26-18-9-7-10-19(14-18)30-3/h4-5,7,9-12,14-17,22H,6,8,13H2,1-3H3,(H,26,27)(H,28,29)/t16-,17-,22-/m1/s1. The van der Waals surface area contributed by atoms with Gasteiger partial charge in [0.25, 0.3) is 5.91 Å². The number of carbonyl (C=O) groups excluding carboxylic acids is 1. The van der Waals surface area contributed by atoms with Crippen molar-refractivity contribution in [3.63, 3.8) is 0 Å². The summed E-state index contributed by atoms with van der Waals surface area (Å²) in [4.78, 5) is 19.2. The molecule has 0 bridgehead atoms. The average Bonchev–Trinajstić information content (AvgIpc) is 2.76. The van der Waals surface area contributed by atoms with Gasteiger partial charge in [-0.3, -0.25) is 4.79 Å². The molecule has 3 aromatic rings. The molecular weight excluding hydrogens is 390 g/mol. The number of pyridine rings is 1. The van der Waals surface area contributed by atoms with E-state index in [2.05, 4.69) is 42.9 Å². The number of aromatic nitrogens is 1. The van der Waals surface area contributed by atoms with Gasteiger partial charge >= 0.3 is 0 Å². The second-order valence-electron chi connectivity index (χ2n) is 8.28. The normalized spacial score (nSPS) is 21.4. The van der Waals surface area contributed by atoms with Crippen LogP contribution in [-0.2, 0) is 0 Å². The van der Waals surface area contributed by atoms with Crippen molar-refractivity contribution >= 4 is 40.1 Å². The monoisotopic (exact) mass is 419 g/mol. The maximum absolute atomic E-state index is 13.3. The summed E-state index contributed by atoms with van der Waals surface area (Å²) in [6.07, 6.45) is 5.52. The largest absolute Gasteiger partial charge is 0.349 e. The minimum Gasteiger partial charge on any atom is -0.349 e. The number of rotatable bonds is 5. The van der Waals surface area contributed by atoms with Crippen molar-refractivity contribution in [2.45, 2.75) is 44.0 Å². The van der Waals surface area contributed by atoms with Crippen LogP contribution in [-0.4, -0.2) is 23.2 Å². The van der Waals surface area contributed by atoms with E-state index < -0.39 is 0 Å². The predicted molar refractivity (Wildman–Crippen MR) is 127 cm³/mol. The number of fused-ring (bicyclic) bond motifs is 1. The fourth-order valence-electron chi connectivity index (χ4n) is 4.31. The Morgan fingerprint density at radius 1 is 1.07 bits per heavy atom. The van der Waals surface area contributed by atoms with Gasteiger partial charge in [0.05, 0.1) is 11.1 Å². The molecule has 1 fully saturated rings. The van der Waals surface area contributed by atoms with Crippen molar-refractivity contribution in [2.75, 3.05) is 11.6 Å². The lowest BCUT2D eigenvalue weighted by atomic mass is 9.78. The molecule has 4 rings (SSSR count). The van der Waals surface area contributed by atoms with Crippen LogP contribution in [0.1, 0.15) is 43.5 Å². The molecule has 1 aliphatic rings. The molecule has 1 aliphatic carbocycles. The summed E-state index contributed by atoms with van der Waals surface area (Å²) < 4.78 is 0. The van der Waals surface area contributed by atoms with E-state index in [9.17, 15) is 4.79 Å². The highest BCUT2D eigenvalue weighted by Crippen LogP contribution is 2.30. The molecule has 2 aromatic carbocycles. The minimum absolute atomic E-state index is 0.0135. The molecule has 0 saturated heterocycles. The molecule has 0 radical (unpaired) electrons. The van der Waals surface area contributed by atoms with Crippen molar-refractivity contribution in [1.82, 2.24) is 10.3 Å². The van der Waals surface area contributed by atoms with Gasteiger partial charge < -0.3 is 10.6 Å². The van der Waals surface area contributed by atoms with Crippen LogP contribution in [0.15, 0.2) is 59.5 Å². The van der Waals surface area contributed by atoms with E-state index in [0.717, 1.165) is 23.0 Å². The van der Waals surface area contributed by atoms with Gasteiger partial charge in [0, 0.05) is 22.0 Å². The highest BCUT2D eigenvalue weighted by Gasteiger charge is 2.28. The number of amides is 1. The highest BCUT2D eigenvalue weighted by molar-refractivity contribution is 7.98. The van der Waals surface area contributed by atoms with Gasteiger partial charge in [-0.2, -0.15) is 0 Å². The van der Waals surface area contributed by atoms with Gasteiger partial charge in [-0.05, 0) is 54.8 Å². The number of nitrogens with one attached hydrogen (secondary N) is 2. The van der Waals surface area contributed by atoms with E-state index in [4.69, 9.17) is 4.98 Å². The zero-order chi connectivity index (χ0) is 21.1. The summed E-state index contributed by atoms with van der Waals surface area (Å²) in [6, 6.07) is 18.2. The van der Waals surface area contributed by atoms with Crippen LogP contribution in [0, 0.1) is 11.8 Å². The number of para-hydroxylation sites is 1. The van der Waals surface area contributed by atoms with Gasteiger partial charge in [-0.25, -0.2) is 4.98 Å². The number of hydrogen-bond acceptors (Lipinski definition) is 4. The zero-order valence-corrected chi connectivity index (χ0v) is 18.6. The van der Waals surface area contributed by atoms with Crippen LogP contribution in [0.5, 0.6) is 0 Å². The molecule has 2 N–H and O–H groups in total. The Morgan fingerprint density at radius 3 is 2.73 bits per heavy atom. The SMILES string of the molecule is CSc1cccc(Nc2cc(C(=O)N[C@@H]3CCC[C@@H](C)[C@H]3C)c3ccccc3n2)c1. The van der Waals surface area contributed by atoms with E-state index in [1.807, 2.05) is 42.5 Å². The highest BCUT2D eigenvalue weighted by atomic mass is 32.2.